The van der Waals surface area contributed by atoms with Crippen molar-refractivity contribution in [3.8, 4) is 5.88 Å². The summed E-state index contributed by atoms with van der Waals surface area (Å²) >= 11 is 0. The topological polar surface area (TPSA) is 41.5 Å². The molecular weight excluding hydrogens is 264 g/mol. The van der Waals surface area contributed by atoms with E-state index in [-0.39, 0.29) is 0 Å². The molecule has 1 aromatic rings. The van der Waals surface area contributed by atoms with Crippen molar-refractivity contribution in [3.05, 3.63) is 12.3 Å². The van der Waals surface area contributed by atoms with Gasteiger partial charge >= 0.3 is 0 Å². The average molecular weight is 290 g/mol. The third kappa shape index (κ3) is 3.84. The van der Waals surface area contributed by atoms with E-state index < -0.39 is 0 Å². The van der Waals surface area contributed by atoms with E-state index in [9.17, 15) is 0 Å². The Morgan fingerprint density at radius 3 is 2.67 bits per heavy atom. The third-order valence-corrected chi connectivity index (χ3v) is 4.81. The smallest absolute Gasteiger partial charge is 0.228 e. The molecule has 2 heterocycles. The van der Waals surface area contributed by atoms with Crippen LogP contribution < -0.4 is 9.64 Å². The van der Waals surface area contributed by atoms with Gasteiger partial charge in [-0.15, -0.1) is 0 Å². The minimum Gasteiger partial charge on any atom is -0.481 e. The van der Waals surface area contributed by atoms with Gasteiger partial charge in [-0.3, -0.25) is 4.90 Å². The zero-order valence-electron chi connectivity index (χ0n) is 13.0. The highest BCUT2D eigenvalue weighted by molar-refractivity contribution is 5.32. The highest BCUT2D eigenvalue weighted by Crippen LogP contribution is 2.27. The second kappa shape index (κ2) is 7.07. The first kappa shape index (κ1) is 14.6. The molecule has 1 aliphatic carbocycles. The molecule has 1 saturated heterocycles. The molecule has 1 saturated carbocycles. The lowest BCUT2D eigenvalue weighted by Gasteiger charge is -2.35. The van der Waals surface area contributed by atoms with Crippen LogP contribution in [0.25, 0.3) is 0 Å². The molecule has 0 amide bonds. The predicted molar refractivity (Wildman–Crippen MR) is 83.8 cm³/mol. The standard InChI is InChI=1S/C16H26N4O/c1-21-15-6-8-17-16(18-15)20-12-10-19(11-13-20)9-7-14-4-2-3-5-14/h6,8,14H,2-5,7,9-13H2,1H3. The van der Waals surface area contributed by atoms with Crippen LogP contribution in [0, 0.1) is 5.92 Å². The van der Waals surface area contributed by atoms with Gasteiger partial charge in [0.15, 0.2) is 0 Å². The van der Waals surface area contributed by atoms with Gasteiger partial charge in [-0.1, -0.05) is 25.7 Å². The van der Waals surface area contributed by atoms with Gasteiger partial charge in [-0.25, -0.2) is 4.98 Å². The van der Waals surface area contributed by atoms with Crippen LogP contribution in [0.1, 0.15) is 32.1 Å². The molecule has 5 heteroatoms. The van der Waals surface area contributed by atoms with Gasteiger partial charge in [0.1, 0.15) is 0 Å². The van der Waals surface area contributed by atoms with Crippen LogP contribution in [-0.2, 0) is 0 Å². The zero-order chi connectivity index (χ0) is 14.5. The zero-order valence-corrected chi connectivity index (χ0v) is 13.0. The Hall–Kier alpha value is -1.36. The number of anilines is 1. The summed E-state index contributed by atoms with van der Waals surface area (Å²) in [5, 5.41) is 0. The fourth-order valence-corrected chi connectivity index (χ4v) is 3.43. The number of piperazine rings is 1. The van der Waals surface area contributed by atoms with Crippen LogP contribution in [0.3, 0.4) is 0 Å². The summed E-state index contributed by atoms with van der Waals surface area (Å²) in [4.78, 5) is 13.6. The van der Waals surface area contributed by atoms with E-state index in [0.717, 1.165) is 38.0 Å². The molecule has 0 unspecified atom stereocenters. The minimum absolute atomic E-state index is 0.642. The van der Waals surface area contributed by atoms with E-state index in [1.807, 2.05) is 0 Å². The molecule has 1 aromatic heterocycles. The molecule has 5 nitrogen and oxygen atoms in total. The van der Waals surface area contributed by atoms with E-state index in [4.69, 9.17) is 4.74 Å². The first-order valence-electron chi connectivity index (χ1n) is 8.19. The van der Waals surface area contributed by atoms with Crippen LogP contribution >= 0.6 is 0 Å². The van der Waals surface area contributed by atoms with Gasteiger partial charge in [0.25, 0.3) is 0 Å². The van der Waals surface area contributed by atoms with Gasteiger partial charge in [-0.05, 0) is 18.9 Å². The summed E-state index contributed by atoms with van der Waals surface area (Å²) in [5.41, 5.74) is 0. The molecule has 116 valence electrons. The molecule has 21 heavy (non-hydrogen) atoms. The second-order valence-electron chi connectivity index (χ2n) is 6.17. The van der Waals surface area contributed by atoms with Crippen molar-refractivity contribution < 1.29 is 4.74 Å². The Kier molecular flexibility index (Phi) is 4.91. The van der Waals surface area contributed by atoms with Crippen molar-refractivity contribution in [2.75, 3.05) is 44.7 Å². The molecular formula is C16H26N4O. The van der Waals surface area contributed by atoms with Gasteiger partial charge < -0.3 is 9.64 Å². The Labute approximate surface area is 127 Å². The van der Waals surface area contributed by atoms with Gasteiger partial charge in [0, 0.05) is 38.4 Å². The monoisotopic (exact) mass is 290 g/mol. The molecule has 3 rings (SSSR count). The van der Waals surface area contributed by atoms with Crippen LogP contribution in [0.4, 0.5) is 5.95 Å². The number of hydrogen-bond donors (Lipinski definition) is 0. The quantitative estimate of drug-likeness (QED) is 0.831. The van der Waals surface area contributed by atoms with Gasteiger partial charge in [0.05, 0.1) is 7.11 Å². The molecule has 2 fully saturated rings. The Bertz CT molecular complexity index is 440. The van der Waals surface area contributed by atoms with Gasteiger partial charge in [0.2, 0.25) is 11.8 Å². The van der Waals surface area contributed by atoms with Crippen molar-refractivity contribution in [1.29, 1.82) is 0 Å². The maximum Gasteiger partial charge on any atom is 0.228 e. The second-order valence-corrected chi connectivity index (χ2v) is 6.17. The Morgan fingerprint density at radius 2 is 1.95 bits per heavy atom. The first-order valence-corrected chi connectivity index (χ1v) is 8.19. The van der Waals surface area contributed by atoms with Crippen molar-refractivity contribution in [3.63, 3.8) is 0 Å². The van der Waals surface area contributed by atoms with Crippen LogP contribution in [0.5, 0.6) is 5.88 Å². The number of nitrogens with zero attached hydrogens (tertiary/aromatic N) is 4. The molecule has 0 bridgehead atoms. The fourth-order valence-electron chi connectivity index (χ4n) is 3.43. The SMILES string of the molecule is COc1ccnc(N2CCN(CCC3CCCC3)CC2)n1. The fraction of sp³-hybridized carbons (Fsp3) is 0.750. The van der Waals surface area contributed by atoms with E-state index in [1.54, 1.807) is 19.4 Å². The highest BCUT2D eigenvalue weighted by atomic mass is 16.5. The number of methoxy groups -OCH3 is 1. The normalized spacial score (nSPS) is 20.9. The molecule has 1 aliphatic heterocycles. The van der Waals surface area contributed by atoms with Crippen molar-refractivity contribution in [2.45, 2.75) is 32.1 Å². The number of hydrogen-bond acceptors (Lipinski definition) is 5. The summed E-state index contributed by atoms with van der Waals surface area (Å²) in [7, 11) is 1.65. The molecule has 0 spiro atoms. The summed E-state index contributed by atoms with van der Waals surface area (Å²) in [6, 6.07) is 1.79. The van der Waals surface area contributed by atoms with E-state index >= 15 is 0 Å². The van der Waals surface area contributed by atoms with Crippen LogP contribution in [0.2, 0.25) is 0 Å². The van der Waals surface area contributed by atoms with Crippen molar-refractivity contribution >= 4 is 5.95 Å². The minimum atomic E-state index is 0.642. The predicted octanol–water partition coefficient (Wildman–Crippen LogP) is 2.19. The highest BCUT2D eigenvalue weighted by Gasteiger charge is 2.21. The Balaban J connectivity index is 1.45. The lowest BCUT2D eigenvalue weighted by molar-refractivity contribution is 0.237. The number of rotatable bonds is 5. The summed E-state index contributed by atoms with van der Waals surface area (Å²) in [5.74, 6) is 2.43. The first-order chi connectivity index (χ1) is 10.3. The molecule has 0 atom stereocenters. The molecule has 2 aliphatic rings. The number of ether oxygens (including phenoxy) is 1. The third-order valence-electron chi connectivity index (χ3n) is 4.81. The van der Waals surface area contributed by atoms with Gasteiger partial charge in [-0.2, -0.15) is 4.98 Å². The molecule has 0 N–H and O–H groups in total. The lowest BCUT2D eigenvalue weighted by atomic mass is 10.0. The van der Waals surface area contributed by atoms with Crippen molar-refractivity contribution in [2.24, 2.45) is 5.92 Å². The Morgan fingerprint density at radius 1 is 1.19 bits per heavy atom. The summed E-state index contributed by atoms with van der Waals surface area (Å²) in [6.45, 7) is 5.52. The molecule has 0 aromatic carbocycles. The van der Waals surface area contributed by atoms with Crippen LogP contribution in [-0.4, -0.2) is 54.7 Å². The maximum absolute atomic E-state index is 5.17. The average Bonchev–Trinajstić information content (AvgIpc) is 3.07. The van der Waals surface area contributed by atoms with Crippen LogP contribution in [0.15, 0.2) is 12.3 Å². The van der Waals surface area contributed by atoms with E-state index in [2.05, 4.69) is 19.8 Å². The maximum atomic E-state index is 5.17. The largest absolute Gasteiger partial charge is 0.481 e. The van der Waals surface area contributed by atoms with E-state index in [0.29, 0.717) is 5.88 Å². The lowest BCUT2D eigenvalue weighted by Crippen LogP contribution is -2.47. The number of aromatic nitrogens is 2. The summed E-state index contributed by atoms with van der Waals surface area (Å²) in [6.07, 6.45) is 8.97. The molecule has 0 radical (unpaired) electrons. The van der Waals surface area contributed by atoms with E-state index in [1.165, 1.54) is 38.6 Å². The summed E-state index contributed by atoms with van der Waals surface area (Å²) < 4.78 is 5.17. The van der Waals surface area contributed by atoms with Crippen molar-refractivity contribution in [1.82, 2.24) is 14.9 Å².